The van der Waals surface area contributed by atoms with Gasteiger partial charge in [0.15, 0.2) is 0 Å². The van der Waals surface area contributed by atoms with Crippen LogP contribution in [-0.2, 0) is 6.42 Å². The zero-order valence-electron chi connectivity index (χ0n) is 10.5. The van der Waals surface area contributed by atoms with E-state index in [9.17, 15) is 0 Å². The Bertz CT molecular complexity index is 555. The molecule has 0 radical (unpaired) electrons. The zero-order chi connectivity index (χ0) is 13.8. The van der Waals surface area contributed by atoms with Crippen molar-refractivity contribution in [2.45, 2.75) is 12.5 Å². The molecule has 0 aliphatic heterocycles. The molecule has 1 atom stereocenters. The topological polar surface area (TPSA) is 12.0 Å². The fourth-order valence-corrected chi connectivity index (χ4v) is 2.74. The van der Waals surface area contributed by atoms with E-state index >= 15 is 0 Å². The summed E-state index contributed by atoms with van der Waals surface area (Å²) < 4.78 is 1.08. The number of hydrogen-bond acceptors (Lipinski definition) is 1. The third kappa shape index (κ3) is 3.96. The molecule has 0 spiro atoms. The van der Waals surface area contributed by atoms with Crippen molar-refractivity contribution in [2.75, 3.05) is 7.05 Å². The van der Waals surface area contributed by atoms with Gasteiger partial charge in [0.05, 0.1) is 0 Å². The second-order valence-corrected chi connectivity index (χ2v) is 6.09. The molecule has 100 valence electrons. The fraction of sp³-hybridized carbons (Fsp3) is 0.200. The molecule has 4 heteroatoms. The Balaban J connectivity index is 2.21. The maximum absolute atomic E-state index is 6.22. The highest BCUT2D eigenvalue weighted by molar-refractivity contribution is 9.10. The van der Waals surface area contributed by atoms with Gasteiger partial charge in [-0.3, -0.25) is 0 Å². The van der Waals surface area contributed by atoms with Crippen LogP contribution in [0.5, 0.6) is 0 Å². The molecule has 2 aromatic carbocycles. The molecule has 0 saturated heterocycles. The van der Waals surface area contributed by atoms with Crippen molar-refractivity contribution in [1.82, 2.24) is 5.32 Å². The van der Waals surface area contributed by atoms with Gasteiger partial charge in [-0.2, -0.15) is 0 Å². The van der Waals surface area contributed by atoms with Crippen molar-refractivity contribution in [3.63, 3.8) is 0 Å². The van der Waals surface area contributed by atoms with Crippen LogP contribution in [0.15, 0.2) is 46.9 Å². The van der Waals surface area contributed by atoms with Gasteiger partial charge >= 0.3 is 0 Å². The van der Waals surface area contributed by atoms with Crippen LogP contribution in [0, 0.1) is 0 Å². The van der Waals surface area contributed by atoms with Crippen molar-refractivity contribution < 1.29 is 0 Å². The maximum atomic E-state index is 6.22. The van der Waals surface area contributed by atoms with Gasteiger partial charge in [0.2, 0.25) is 0 Å². The van der Waals surface area contributed by atoms with Gasteiger partial charge in [-0.1, -0.05) is 57.3 Å². The van der Waals surface area contributed by atoms with Gasteiger partial charge in [-0.25, -0.2) is 0 Å². The summed E-state index contributed by atoms with van der Waals surface area (Å²) in [5.74, 6) is 0. The highest BCUT2D eigenvalue weighted by Crippen LogP contribution is 2.26. The predicted octanol–water partition coefficient (Wildman–Crippen LogP) is 5.26. The molecule has 0 amide bonds. The summed E-state index contributed by atoms with van der Waals surface area (Å²) in [4.78, 5) is 0. The minimum atomic E-state index is 0.228. The first-order valence-corrected chi connectivity index (χ1v) is 7.51. The molecule has 2 aromatic rings. The van der Waals surface area contributed by atoms with Gasteiger partial charge in [0.1, 0.15) is 0 Å². The lowest BCUT2D eigenvalue weighted by atomic mass is 9.99. The number of benzene rings is 2. The van der Waals surface area contributed by atoms with Crippen molar-refractivity contribution in [3.8, 4) is 0 Å². The fourth-order valence-electron chi connectivity index (χ4n) is 1.99. The number of nitrogens with one attached hydrogen (secondary N) is 1. The molecular weight excluding hydrogens is 345 g/mol. The first-order valence-electron chi connectivity index (χ1n) is 5.97. The van der Waals surface area contributed by atoms with Gasteiger partial charge in [-0.05, 0) is 48.9 Å². The van der Waals surface area contributed by atoms with Crippen LogP contribution in [-0.4, -0.2) is 7.05 Å². The highest BCUT2D eigenvalue weighted by Gasteiger charge is 2.12. The number of hydrogen-bond donors (Lipinski definition) is 1. The summed E-state index contributed by atoms with van der Waals surface area (Å²) in [6, 6.07) is 14.2. The SMILES string of the molecule is CNC(Cc1ccc(Cl)cc1Cl)c1ccc(Br)cc1. The van der Waals surface area contributed by atoms with E-state index in [1.165, 1.54) is 5.56 Å². The summed E-state index contributed by atoms with van der Waals surface area (Å²) in [5.41, 5.74) is 2.32. The van der Waals surface area contributed by atoms with Gasteiger partial charge in [0.25, 0.3) is 0 Å². The first kappa shape index (κ1) is 14.9. The second kappa shape index (κ2) is 6.76. The van der Waals surface area contributed by atoms with E-state index < -0.39 is 0 Å². The minimum absolute atomic E-state index is 0.228. The third-order valence-corrected chi connectivity index (χ3v) is 4.18. The van der Waals surface area contributed by atoms with Crippen LogP contribution in [0.25, 0.3) is 0 Å². The average molecular weight is 359 g/mol. The van der Waals surface area contributed by atoms with E-state index in [0.29, 0.717) is 10.0 Å². The first-order chi connectivity index (χ1) is 9.10. The predicted molar refractivity (Wildman–Crippen MR) is 86.1 cm³/mol. The summed E-state index contributed by atoms with van der Waals surface area (Å²) in [6.07, 6.45) is 0.828. The van der Waals surface area contributed by atoms with Crippen LogP contribution in [0.4, 0.5) is 0 Å². The molecule has 0 heterocycles. The van der Waals surface area contributed by atoms with Crippen LogP contribution < -0.4 is 5.32 Å². The average Bonchev–Trinajstić information content (AvgIpc) is 2.39. The van der Waals surface area contributed by atoms with E-state index in [2.05, 4.69) is 33.4 Å². The molecular formula is C15H14BrCl2N. The van der Waals surface area contributed by atoms with Gasteiger partial charge in [0, 0.05) is 20.6 Å². The van der Waals surface area contributed by atoms with Gasteiger partial charge in [-0.15, -0.1) is 0 Å². The molecule has 0 saturated carbocycles. The Hall–Kier alpha value is -0.540. The Labute approximate surface area is 132 Å². The van der Waals surface area contributed by atoms with Gasteiger partial charge < -0.3 is 5.32 Å². The summed E-state index contributed by atoms with van der Waals surface area (Å²) in [6.45, 7) is 0. The Morgan fingerprint density at radius 2 is 1.79 bits per heavy atom. The van der Waals surface area contributed by atoms with E-state index in [1.54, 1.807) is 6.07 Å². The summed E-state index contributed by atoms with van der Waals surface area (Å²) >= 11 is 15.6. The highest BCUT2D eigenvalue weighted by atomic mass is 79.9. The Morgan fingerprint density at radius 3 is 2.37 bits per heavy atom. The zero-order valence-corrected chi connectivity index (χ0v) is 13.6. The Morgan fingerprint density at radius 1 is 1.11 bits per heavy atom. The molecule has 1 nitrogen and oxygen atoms in total. The molecule has 0 bridgehead atoms. The standard InChI is InChI=1S/C15H14BrCl2N/c1-19-15(10-2-5-12(16)6-3-10)8-11-4-7-13(17)9-14(11)18/h2-7,9,15,19H,8H2,1H3. The molecule has 1 N–H and O–H groups in total. The minimum Gasteiger partial charge on any atom is -0.313 e. The van der Waals surface area contributed by atoms with E-state index in [0.717, 1.165) is 16.5 Å². The van der Waals surface area contributed by atoms with Crippen molar-refractivity contribution in [1.29, 1.82) is 0 Å². The van der Waals surface area contributed by atoms with Crippen molar-refractivity contribution >= 4 is 39.1 Å². The number of halogens is 3. The quantitative estimate of drug-likeness (QED) is 0.786. The summed E-state index contributed by atoms with van der Waals surface area (Å²) in [7, 11) is 1.95. The number of rotatable bonds is 4. The lowest BCUT2D eigenvalue weighted by Crippen LogP contribution is -2.18. The molecule has 1 unspecified atom stereocenters. The maximum Gasteiger partial charge on any atom is 0.0453 e. The molecule has 0 aliphatic carbocycles. The van der Waals surface area contributed by atoms with Crippen LogP contribution in [0.1, 0.15) is 17.2 Å². The molecule has 0 fully saturated rings. The Kier molecular flexibility index (Phi) is 5.28. The van der Waals surface area contributed by atoms with Crippen LogP contribution in [0.2, 0.25) is 10.0 Å². The molecule has 19 heavy (non-hydrogen) atoms. The van der Waals surface area contributed by atoms with Crippen molar-refractivity contribution in [3.05, 3.63) is 68.1 Å². The van der Waals surface area contributed by atoms with Crippen LogP contribution >= 0.6 is 39.1 Å². The largest absolute Gasteiger partial charge is 0.313 e. The summed E-state index contributed by atoms with van der Waals surface area (Å²) in [5, 5.41) is 4.70. The van der Waals surface area contributed by atoms with Crippen LogP contribution in [0.3, 0.4) is 0 Å². The normalized spacial score (nSPS) is 12.4. The second-order valence-electron chi connectivity index (χ2n) is 4.33. The van der Waals surface area contributed by atoms with E-state index in [-0.39, 0.29) is 6.04 Å². The molecule has 0 aromatic heterocycles. The lowest BCUT2D eigenvalue weighted by molar-refractivity contribution is 0.592. The lowest BCUT2D eigenvalue weighted by Gasteiger charge is -2.17. The van der Waals surface area contributed by atoms with Crippen molar-refractivity contribution in [2.24, 2.45) is 0 Å². The van der Waals surface area contributed by atoms with E-state index in [1.807, 2.05) is 31.3 Å². The monoisotopic (exact) mass is 357 g/mol. The third-order valence-electron chi connectivity index (χ3n) is 3.06. The smallest absolute Gasteiger partial charge is 0.0453 e. The van der Waals surface area contributed by atoms with E-state index in [4.69, 9.17) is 23.2 Å². The molecule has 2 rings (SSSR count). The number of likely N-dealkylation sites (N-methyl/N-ethyl adjacent to an activating group) is 1. The molecule has 0 aliphatic rings.